The van der Waals surface area contributed by atoms with Crippen molar-refractivity contribution in [1.82, 2.24) is 101 Å². The topological polar surface area (TPSA) is 259 Å². The summed E-state index contributed by atoms with van der Waals surface area (Å²) in [6.45, 7) is 12.7. The molecule has 12 aromatic heterocycles. The van der Waals surface area contributed by atoms with E-state index in [0.717, 1.165) is 67.4 Å². The molecule has 0 unspecified atom stereocenters. The molecule has 1 aliphatic heterocycles. The van der Waals surface area contributed by atoms with Gasteiger partial charge in [0, 0.05) is 94.7 Å². The zero-order valence-electron chi connectivity index (χ0n) is 64.3. The third kappa shape index (κ3) is 17.0. The second-order valence-corrected chi connectivity index (χ2v) is 28.9. The molecule has 0 amide bonds. The summed E-state index contributed by atoms with van der Waals surface area (Å²) in [5, 5.41) is 0. The van der Waals surface area contributed by atoms with Gasteiger partial charge in [-0.2, -0.15) is 39.5 Å². The largest absolute Gasteiger partial charge is 0.434 e. The fraction of sp³-hybridized carbons (Fsp3) is 0.313. The summed E-state index contributed by atoms with van der Waals surface area (Å²) in [6, 6.07) is 23.8. The quantitative estimate of drug-likeness (QED) is 0.0814. The summed E-state index contributed by atoms with van der Waals surface area (Å²) in [7, 11) is 7.36. The first-order valence-electron chi connectivity index (χ1n) is 36.4. The van der Waals surface area contributed by atoms with Crippen molar-refractivity contribution in [2.75, 3.05) is 13.2 Å². The number of pyridine rings is 3. The molecule has 0 atom stereocenters. The number of halogens is 12. The predicted octanol–water partition coefficient (Wildman–Crippen LogP) is 16.7. The van der Waals surface area contributed by atoms with Gasteiger partial charge in [-0.25, -0.2) is 72.4 Å². The molecular weight excluding hydrogens is 1580 g/mol. The maximum absolute atomic E-state index is 15.1. The monoisotopic (exact) mass is 1670 g/mol. The van der Waals surface area contributed by atoms with Crippen molar-refractivity contribution in [3.63, 3.8) is 0 Å². The molecule has 3 aromatic carbocycles. The Balaban J connectivity index is 0.000000174. The maximum Gasteiger partial charge on any atom is 0.434 e. The molecule has 0 N–H and O–H groups in total. The molecule has 0 spiro atoms. The van der Waals surface area contributed by atoms with Gasteiger partial charge >= 0.3 is 35.6 Å². The molecule has 13 heterocycles. The lowest BCUT2D eigenvalue weighted by Gasteiger charge is -2.28. The normalized spacial score (nSPS) is 12.6. The van der Waals surface area contributed by atoms with Crippen LogP contribution in [-0.4, -0.2) is 114 Å². The van der Waals surface area contributed by atoms with Gasteiger partial charge in [-0.3, -0.25) is 42.4 Å². The first kappa shape index (κ1) is 87.7. The Morgan fingerprint density at radius 3 is 1.12 bits per heavy atom. The van der Waals surface area contributed by atoms with E-state index in [4.69, 9.17) is 9.72 Å². The van der Waals surface area contributed by atoms with E-state index in [1.807, 2.05) is 65.8 Å². The van der Waals surface area contributed by atoms with Crippen LogP contribution in [0, 0.1) is 17.5 Å². The van der Waals surface area contributed by atoms with E-state index in [0.29, 0.717) is 81.4 Å². The molecule has 1 fully saturated rings. The number of aryl methyl sites for hydroxylation is 5. The highest BCUT2D eigenvalue weighted by molar-refractivity contribution is 5.77. The van der Waals surface area contributed by atoms with E-state index in [1.54, 1.807) is 92.1 Å². The second-order valence-electron chi connectivity index (χ2n) is 28.9. The number of fused-ring (bicyclic) bond motifs is 3. The molecule has 0 bridgehead atoms. The number of nitrogens with zero attached hydrogens (tertiary/aromatic N) is 21. The van der Waals surface area contributed by atoms with Crippen LogP contribution < -0.4 is 17.1 Å². The van der Waals surface area contributed by atoms with E-state index in [2.05, 4.69) is 54.8 Å². The molecule has 0 aliphatic carbocycles. The number of benzene rings is 3. The first-order valence-corrected chi connectivity index (χ1v) is 36.4. The highest BCUT2D eigenvalue weighted by Crippen LogP contribution is 2.38. The zero-order chi connectivity index (χ0) is 83.8. The molecular formula is C83H83F12N21O4. The van der Waals surface area contributed by atoms with Crippen LogP contribution >= 0.6 is 0 Å². The van der Waals surface area contributed by atoms with Crippen LogP contribution in [0.5, 0.6) is 0 Å². The van der Waals surface area contributed by atoms with Crippen molar-refractivity contribution in [1.29, 1.82) is 0 Å². The standard InChI is InChI=1S/C28H26F3N7O2.C26H22F5N7O.C26H23F4N7O.3CH4/c1-16(2)23-20(5-4-10-32-23)24-33-11-21-26(35-24)38(27(39)36(21)3)12-17-6-8-18(9-7-17)25-34-22(28(29,30)31)13-37(25)19-14-40-15-19;1-13(2)21-15(6-5-7-32-21)22-33-10-18-23(35-22)38(25(39)37(18)4)11-14-8-16(27)20(17(28)9-14)24-34-19(12-36(24)3)26(29,30)31;1-14(2)21-17(6-5-9-31-21)22-32-11-19-24(34-22)37(25(38)36(19)4)12-15-7-8-16(18(27)10-15)23-33-20(13-35(23)3)26(28,29)30;;;/h4-11,13,16,19H,12,14-15H2,1-3H3;5-10,12-13H,11H2,1-4H3;5-11,13-14H,12H2,1-4H3;3*1H4. The minimum atomic E-state index is -4.77. The lowest BCUT2D eigenvalue weighted by molar-refractivity contribution is -0.141. The van der Waals surface area contributed by atoms with Gasteiger partial charge in [0.25, 0.3) is 0 Å². The minimum absolute atomic E-state index is 0. The highest BCUT2D eigenvalue weighted by Gasteiger charge is 2.39. The zero-order valence-corrected chi connectivity index (χ0v) is 64.3. The van der Waals surface area contributed by atoms with Crippen LogP contribution in [0.15, 0.2) is 161 Å². The fourth-order valence-electron chi connectivity index (χ4n) is 13.7. The van der Waals surface area contributed by atoms with Gasteiger partial charge in [0.05, 0.1) is 85.7 Å². The molecule has 628 valence electrons. The van der Waals surface area contributed by atoms with Crippen LogP contribution in [-0.2, 0) is 78.1 Å². The van der Waals surface area contributed by atoms with E-state index < -0.39 is 70.1 Å². The summed E-state index contributed by atoms with van der Waals surface area (Å²) in [6.07, 6.45) is -1.67. The van der Waals surface area contributed by atoms with Gasteiger partial charge < -0.3 is 18.4 Å². The Labute approximate surface area is 678 Å². The molecule has 0 radical (unpaired) electrons. The Bertz CT molecular complexity index is 6490. The Morgan fingerprint density at radius 2 is 0.758 bits per heavy atom. The molecule has 1 aliphatic rings. The van der Waals surface area contributed by atoms with E-state index in [1.165, 1.54) is 66.9 Å². The summed E-state index contributed by atoms with van der Waals surface area (Å²) in [4.78, 5) is 90.9. The van der Waals surface area contributed by atoms with Crippen LogP contribution in [0.25, 0.3) is 102 Å². The number of aromatic nitrogens is 21. The summed E-state index contributed by atoms with van der Waals surface area (Å²) in [5.41, 5.74) is 3.87. The molecule has 0 saturated carbocycles. The van der Waals surface area contributed by atoms with Crippen molar-refractivity contribution in [2.45, 2.75) is 126 Å². The van der Waals surface area contributed by atoms with E-state index >= 15 is 13.2 Å². The third-order valence-corrected chi connectivity index (χ3v) is 19.7. The highest BCUT2D eigenvalue weighted by atomic mass is 19.4. The van der Waals surface area contributed by atoms with Gasteiger partial charge in [-0.1, -0.05) is 94.2 Å². The molecule has 120 heavy (non-hydrogen) atoms. The molecule has 1 saturated heterocycles. The lowest BCUT2D eigenvalue weighted by atomic mass is 10.0. The smallest absolute Gasteiger partial charge is 0.377 e. The molecule has 37 heteroatoms. The van der Waals surface area contributed by atoms with Gasteiger partial charge in [-0.05, 0) is 95.1 Å². The van der Waals surface area contributed by atoms with Crippen molar-refractivity contribution in [3.05, 3.63) is 247 Å². The average molecular weight is 1670 g/mol. The van der Waals surface area contributed by atoms with Crippen molar-refractivity contribution in [3.8, 4) is 68.3 Å². The lowest BCUT2D eigenvalue weighted by Crippen LogP contribution is -2.30. The predicted molar refractivity (Wildman–Crippen MR) is 427 cm³/mol. The number of imidazole rings is 6. The van der Waals surface area contributed by atoms with Crippen molar-refractivity contribution in [2.24, 2.45) is 35.2 Å². The van der Waals surface area contributed by atoms with Crippen molar-refractivity contribution >= 4 is 33.5 Å². The van der Waals surface area contributed by atoms with E-state index in [9.17, 15) is 53.9 Å². The van der Waals surface area contributed by atoms with Crippen LogP contribution in [0.2, 0.25) is 0 Å². The summed E-state index contributed by atoms with van der Waals surface area (Å²) < 4.78 is 181. The molecule has 16 rings (SSSR count). The van der Waals surface area contributed by atoms with Crippen LogP contribution in [0.3, 0.4) is 0 Å². The summed E-state index contributed by atoms with van der Waals surface area (Å²) in [5.74, 6) is -1.86. The number of hydrogen-bond acceptors (Lipinski definition) is 16. The number of ether oxygens (including phenoxy) is 1. The molecule has 25 nitrogen and oxygen atoms in total. The Hall–Kier alpha value is -13.1. The van der Waals surface area contributed by atoms with Crippen LogP contribution in [0.4, 0.5) is 52.7 Å². The van der Waals surface area contributed by atoms with Gasteiger partial charge in [0.1, 0.15) is 51.5 Å². The summed E-state index contributed by atoms with van der Waals surface area (Å²) >= 11 is 0. The Morgan fingerprint density at radius 1 is 0.408 bits per heavy atom. The van der Waals surface area contributed by atoms with E-state index in [-0.39, 0.29) is 106 Å². The van der Waals surface area contributed by atoms with Gasteiger partial charge in [-0.15, -0.1) is 0 Å². The van der Waals surface area contributed by atoms with Gasteiger partial charge in [0.2, 0.25) is 0 Å². The van der Waals surface area contributed by atoms with Gasteiger partial charge in [0.15, 0.2) is 51.5 Å². The number of hydrogen-bond donors (Lipinski definition) is 0. The number of rotatable bonds is 16. The maximum atomic E-state index is 15.1. The first-order chi connectivity index (χ1) is 55.4. The minimum Gasteiger partial charge on any atom is -0.377 e. The fourth-order valence-corrected chi connectivity index (χ4v) is 13.7. The number of alkyl halides is 9. The third-order valence-electron chi connectivity index (χ3n) is 19.7. The SMILES string of the molecule is C.C.C.CC(C)c1ncccc1-c1ncc2c(n1)n(Cc1cc(F)c(-c3nc(C(F)(F)F)cn3C)c(F)c1)c(=O)n2C.CC(C)c1ncccc1-c1ncc2c(n1)n(Cc1ccc(-c3nc(C(F)(F)F)cn3C)c(F)c1)c(=O)n2C.CC(C)c1ncccc1-c1ncc2c(n1)n(Cc1ccc(-c3nc(C(F)(F)F)cn3C3COC3)cc1)c(=O)n2C. The average Bonchev–Trinajstić information content (AvgIpc) is 1.61. The van der Waals surface area contributed by atoms with Crippen LogP contribution in [0.1, 0.15) is 138 Å². The van der Waals surface area contributed by atoms with Crippen molar-refractivity contribution < 1.29 is 57.4 Å². The second kappa shape index (κ2) is 34.1. The Kier molecular flexibility index (Phi) is 24.9. The molecule has 15 aromatic rings.